The highest BCUT2D eigenvalue weighted by atomic mass is 16.5. The minimum absolute atomic E-state index is 0.508. The van der Waals surface area contributed by atoms with Gasteiger partial charge in [0.05, 0.1) is 6.10 Å². The Morgan fingerprint density at radius 1 is 1.06 bits per heavy atom. The Labute approximate surface area is 114 Å². The summed E-state index contributed by atoms with van der Waals surface area (Å²) >= 11 is 0. The Morgan fingerprint density at radius 3 is 2.67 bits per heavy atom. The van der Waals surface area contributed by atoms with Gasteiger partial charge in [-0.2, -0.15) is 0 Å². The maximum atomic E-state index is 5.98. The van der Waals surface area contributed by atoms with Crippen LogP contribution in [0.3, 0.4) is 0 Å². The average Bonchev–Trinajstić information content (AvgIpc) is 2.41. The zero-order chi connectivity index (χ0) is 13.1. The Kier molecular flexibility index (Phi) is 9.28. The lowest BCUT2D eigenvalue weighted by Crippen LogP contribution is -2.28. The van der Waals surface area contributed by atoms with E-state index in [2.05, 4.69) is 26.0 Å². The molecule has 0 aromatic heterocycles. The SMILES string of the molecule is CCCC/C=C/[C@H]1CCCO[C@@H]1CCCCCC. The molecule has 1 fully saturated rings. The molecule has 1 aliphatic heterocycles. The topological polar surface area (TPSA) is 9.23 Å². The first-order chi connectivity index (χ1) is 8.88. The Hall–Kier alpha value is -0.300. The molecular weight excluding hydrogens is 220 g/mol. The van der Waals surface area contributed by atoms with Crippen LogP contribution in [-0.4, -0.2) is 12.7 Å². The smallest absolute Gasteiger partial charge is 0.0637 e. The van der Waals surface area contributed by atoms with Crippen molar-refractivity contribution < 1.29 is 4.74 Å². The predicted molar refractivity (Wildman–Crippen MR) is 79.9 cm³/mol. The van der Waals surface area contributed by atoms with Crippen LogP contribution in [0.25, 0.3) is 0 Å². The Balaban J connectivity index is 2.25. The number of hydrogen-bond donors (Lipinski definition) is 0. The summed E-state index contributed by atoms with van der Waals surface area (Å²) in [4.78, 5) is 0. The molecule has 1 nitrogen and oxygen atoms in total. The van der Waals surface area contributed by atoms with Crippen LogP contribution in [-0.2, 0) is 4.74 Å². The van der Waals surface area contributed by atoms with Crippen LogP contribution >= 0.6 is 0 Å². The molecule has 0 spiro atoms. The van der Waals surface area contributed by atoms with Crippen LogP contribution < -0.4 is 0 Å². The number of hydrogen-bond acceptors (Lipinski definition) is 1. The lowest BCUT2D eigenvalue weighted by molar-refractivity contribution is -0.0168. The van der Waals surface area contributed by atoms with E-state index < -0.39 is 0 Å². The fraction of sp³-hybridized carbons (Fsp3) is 0.882. The molecule has 0 aromatic rings. The molecule has 1 aliphatic rings. The summed E-state index contributed by atoms with van der Waals surface area (Å²) in [5, 5.41) is 0. The van der Waals surface area contributed by atoms with Crippen molar-refractivity contribution in [1.82, 2.24) is 0 Å². The van der Waals surface area contributed by atoms with Gasteiger partial charge >= 0.3 is 0 Å². The van der Waals surface area contributed by atoms with Gasteiger partial charge in [0, 0.05) is 12.5 Å². The van der Waals surface area contributed by atoms with E-state index in [-0.39, 0.29) is 0 Å². The normalized spacial score (nSPS) is 24.8. The van der Waals surface area contributed by atoms with Gasteiger partial charge in [-0.05, 0) is 25.7 Å². The number of unbranched alkanes of at least 4 members (excludes halogenated alkanes) is 5. The monoisotopic (exact) mass is 252 g/mol. The van der Waals surface area contributed by atoms with Crippen LogP contribution in [0, 0.1) is 5.92 Å². The third kappa shape index (κ3) is 6.58. The van der Waals surface area contributed by atoms with Crippen LogP contribution in [0.15, 0.2) is 12.2 Å². The zero-order valence-corrected chi connectivity index (χ0v) is 12.5. The van der Waals surface area contributed by atoms with Gasteiger partial charge in [-0.3, -0.25) is 0 Å². The summed E-state index contributed by atoms with van der Waals surface area (Å²) < 4.78 is 5.98. The molecule has 1 rings (SSSR count). The predicted octanol–water partition coefficient (Wildman–Crippen LogP) is 5.50. The summed E-state index contributed by atoms with van der Waals surface area (Å²) in [6.07, 6.45) is 18.5. The number of ether oxygens (including phenoxy) is 1. The first kappa shape index (κ1) is 15.8. The summed E-state index contributed by atoms with van der Waals surface area (Å²) in [5.74, 6) is 0.692. The second-order valence-electron chi connectivity index (χ2n) is 5.64. The largest absolute Gasteiger partial charge is 0.378 e. The van der Waals surface area contributed by atoms with E-state index >= 15 is 0 Å². The molecule has 106 valence electrons. The molecule has 0 bridgehead atoms. The summed E-state index contributed by atoms with van der Waals surface area (Å²) in [5.41, 5.74) is 0. The average molecular weight is 252 g/mol. The molecule has 0 aromatic carbocycles. The molecule has 1 heterocycles. The third-order valence-corrected chi connectivity index (χ3v) is 3.94. The fourth-order valence-corrected chi connectivity index (χ4v) is 2.75. The maximum absolute atomic E-state index is 5.98. The molecule has 18 heavy (non-hydrogen) atoms. The first-order valence-corrected chi connectivity index (χ1v) is 8.16. The molecule has 1 saturated heterocycles. The standard InChI is InChI=1S/C17H32O/c1-3-5-7-9-12-16-13-11-15-18-17(16)14-10-8-6-4-2/h9,12,16-17H,3-8,10-11,13-15H2,1-2H3/b12-9+/t16-,17+/m0/s1. The molecule has 0 N–H and O–H groups in total. The molecular formula is C17H32O. The second-order valence-corrected chi connectivity index (χ2v) is 5.64. The number of rotatable bonds is 9. The minimum atomic E-state index is 0.508. The van der Waals surface area contributed by atoms with Crippen molar-refractivity contribution in [1.29, 1.82) is 0 Å². The maximum Gasteiger partial charge on any atom is 0.0637 e. The lowest BCUT2D eigenvalue weighted by Gasteiger charge is -2.30. The van der Waals surface area contributed by atoms with Crippen LogP contribution in [0.1, 0.15) is 78.1 Å². The van der Waals surface area contributed by atoms with Gasteiger partial charge < -0.3 is 4.74 Å². The quantitative estimate of drug-likeness (QED) is 0.389. The van der Waals surface area contributed by atoms with Gasteiger partial charge in [-0.1, -0.05) is 64.5 Å². The van der Waals surface area contributed by atoms with E-state index in [1.165, 1.54) is 64.2 Å². The second kappa shape index (κ2) is 10.6. The molecule has 2 atom stereocenters. The Morgan fingerprint density at radius 2 is 1.89 bits per heavy atom. The van der Waals surface area contributed by atoms with Crippen molar-refractivity contribution in [2.24, 2.45) is 5.92 Å². The van der Waals surface area contributed by atoms with Crippen LogP contribution in [0.4, 0.5) is 0 Å². The first-order valence-electron chi connectivity index (χ1n) is 8.16. The fourth-order valence-electron chi connectivity index (χ4n) is 2.75. The molecule has 0 saturated carbocycles. The van der Waals surface area contributed by atoms with E-state index in [0.717, 1.165) is 6.61 Å². The van der Waals surface area contributed by atoms with E-state index in [1.54, 1.807) is 0 Å². The molecule has 1 heteroatoms. The minimum Gasteiger partial charge on any atom is -0.378 e. The van der Waals surface area contributed by atoms with E-state index in [4.69, 9.17) is 4.74 Å². The van der Waals surface area contributed by atoms with Gasteiger partial charge in [-0.25, -0.2) is 0 Å². The van der Waals surface area contributed by atoms with Gasteiger partial charge in [-0.15, -0.1) is 0 Å². The van der Waals surface area contributed by atoms with Crippen molar-refractivity contribution in [3.63, 3.8) is 0 Å². The Bertz CT molecular complexity index is 210. The van der Waals surface area contributed by atoms with Crippen LogP contribution in [0.5, 0.6) is 0 Å². The van der Waals surface area contributed by atoms with Crippen molar-refractivity contribution >= 4 is 0 Å². The van der Waals surface area contributed by atoms with Gasteiger partial charge in [0.2, 0.25) is 0 Å². The van der Waals surface area contributed by atoms with Crippen molar-refractivity contribution in [2.45, 2.75) is 84.2 Å². The van der Waals surface area contributed by atoms with Gasteiger partial charge in [0.25, 0.3) is 0 Å². The van der Waals surface area contributed by atoms with Crippen molar-refractivity contribution in [3.8, 4) is 0 Å². The van der Waals surface area contributed by atoms with E-state index in [1.807, 2.05) is 0 Å². The summed E-state index contributed by atoms with van der Waals surface area (Å²) in [7, 11) is 0. The highest BCUT2D eigenvalue weighted by Gasteiger charge is 2.22. The van der Waals surface area contributed by atoms with Gasteiger partial charge in [0.1, 0.15) is 0 Å². The van der Waals surface area contributed by atoms with Crippen molar-refractivity contribution in [3.05, 3.63) is 12.2 Å². The van der Waals surface area contributed by atoms with E-state index in [0.29, 0.717) is 12.0 Å². The van der Waals surface area contributed by atoms with Gasteiger partial charge in [0.15, 0.2) is 0 Å². The summed E-state index contributed by atoms with van der Waals surface area (Å²) in [6, 6.07) is 0. The number of allylic oxidation sites excluding steroid dienone is 1. The van der Waals surface area contributed by atoms with Crippen molar-refractivity contribution in [2.75, 3.05) is 6.61 Å². The summed E-state index contributed by atoms with van der Waals surface area (Å²) in [6.45, 7) is 5.52. The van der Waals surface area contributed by atoms with E-state index in [9.17, 15) is 0 Å². The molecule has 0 amide bonds. The third-order valence-electron chi connectivity index (χ3n) is 3.94. The molecule has 0 aliphatic carbocycles. The molecule has 0 radical (unpaired) electrons. The van der Waals surface area contributed by atoms with Crippen LogP contribution in [0.2, 0.25) is 0 Å². The zero-order valence-electron chi connectivity index (χ0n) is 12.5. The molecule has 0 unspecified atom stereocenters. The highest BCUT2D eigenvalue weighted by Crippen LogP contribution is 2.26. The lowest BCUT2D eigenvalue weighted by atomic mass is 9.90. The highest BCUT2D eigenvalue weighted by molar-refractivity contribution is 4.93.